The third kappa shape index (κ3) is 6.41. The highest BCUT2D eigenvalue weighted by molar-refractivity contribution is 5.96. The summed E-state index contributed by atoms with van der Waals surface area (Å²) >= 11 is 0. The summed E-state index contributed by atoms with van der Waals surface area (Å²) < 4.78 is 39.9. The van der Waals surface area contributed by atoms with Gasteiger partial charge < -0.3 is 15.1 Å². The van der Waals surface area contributed by atoms with Crippen LogP contribution in [0.15, 0.2) is 72.9 Å². The molecule has 9 heteroatoms. The van der Waals surface area contributed by atoms with E-state index in [1.807, 2.05) is 41.3 Å². The minimum absolute atomic E-state index is 0.0996. The quantitative estimate of drug-likeness (QED) is 0.499. The fourth-order valence-corrected chi connectivity index (χ4v) is 4.21. The number of pyridine rings is 1. The highest BCUT2D eigenvalue weighted by Crippen LogP contribution is 2.32. The van der Waals surface area contributed by atoms with Crippen molar-refractivity contribution >= 4 is 23.3 Å². The van der Waals surface area contributed by atoms with Crippen molar-refractivity contribution in [3.63, 3.8) is 0 Å². The van der Waals surface area contributed by atoms with E-state index in [4.69, 9.17) is 0 Å². The zero-order valence-corrected chi connectivity index (χ0v) is 19.7. The first-order chi connectivity index (χ1) is 17.3. The smallest absolute Gasteiger partial charge is 0.367 e. The van der Waals surface area contributed by atoms with Crippen LogP contribution in [-0.2, 0) is 17.4 Å². The Hall–Kier alpha value is -3.88. The van der Waals surface area contributed by atoms with Crippen LogP contribution in [0.4, 0.5) is 24.7 Å². The molecule has 0 bridgehead atoms. The molecule has 2 heterocycles. The number of aromatic nitrogens is 1. The third-order valence-corrected chi connectivity index (χ3v) is 6.12. The molecule has 0 spiro atoms. The Balaban J connectivity index is 1.26. The number of halogens is 3. The van der Waals surface area contributed by atoms with E-state index in [2.05, 4.69) is 10.3 Å². The predicted molar refractivity (Wildman–Crippen MR) is 132 cm³/mol. The van der Waals surface area contributed by atoms with Crippen molar-refractivity contribution in [3.8, 4) is 0 Å². The van der Waals surface area contributed by atoms with E-state index in [9.17, 15) is 22.8 Å². The Morgan fingerprint density at radius 3 is 2.25 bits per heavy atom. The molecule has 1 N–H and O–H groups in total. The zero-order chi connectivity index (χ0) is 25.5. The molecule has 0 radical (unpaired) electrons. The highest BCUT2D eigenvalue weighted by Gasteiger charge is 2.36. The van der Waals surface area contributed by atoms with E-state index in [0.29, 0.717) is 38.4 Å². The molecule has 3 aromatic rings. The van der Waals surface area contributed by atoms with Crippen LogP contribution >= 0.6 is 0 Å². The summed E-state index contributed by atoms with van der Waals surface area (Å²) in [5, 5.41) is 2.80. The summed E-state index contributed by atoms with van der Waals surface area (Å²) in [5.41, 5.74) is 0.766. The molecule has 2 amide bonds. The first kappa shape index (κ1) is 25.2. The number of amides is 2. The van der Waals surface area contributed by atoms with Gasteiger partial charge in [0.25, 0.3) is 5.91 Å². The van der Waals surface area contributed by atoms with Gasteiger partial charge in [0.15, 0.2) is 0 Å². The van der Waals surface area contributed by atoms with Crippen molar-refractivity contribution in [2.75, 3.05) is 36.4 Å². The van der Waals surface area contributed by atoms with Gasteiger partial charge in [-0.3, -0.25) is 9.59 Å². The summed E-state index contributed by atoms with van der Waals surface area (Å²) in [5.74, 6) is -0.260. The second kappa shape index (κ2) is 11.2. The number of nitrogens with one attached hydrogen (secondary N) is 1. The Kier molecular flexibility index (Phi) is 7.87. The van der Waals surface area contributed by atoms with Gasteiger partial charge in [0.05, 0.1) is 23.0 Å². The molecule has 1 aliphatic heterocycles. The molecule has 4 rings (SSSR count). The summed E-state index contributed by atoms with van der Waals surface area (Å²) in [7, 11) is 0. The lowest BCUT2D eigenvalue weighted by Crippen LogP contribution is -2.49. The average molecular weight is 497 g/mol. The SMILES string of the molecule is O=C(CCCc1ccccc1)Nc1ccc(N2CCN(C(=O)c3ccccc3C(F)(F)F)CC2)cn1. The molecule has 0 aliphatic carbocycles. The lowest BCUT2D eigenvalue weighted by Gasteiger charge is -2.36. The summed E-state index contributed by atoms with van der Waals surface area (Å²) in [6, 6.07) is 18.4. The maximum atomic E-state index is 13.3. The van der Waals surface area contributed by atoms with Gasteiger partial charge in [-0.1, -0.05) is 42.5 Å². The highest BCUT2D eigenvalue weighted by atomic mass is 19.4. The van der Waals surface area contributed by atoms with E-state index < -0.39 is 17.6 Å². The summed E-state index contributed by atoms with van der Waals surface area (Å²) in [4.78, 5) is 32.8. The molecule has 0 saturated carbocycles. The molecule has 2 aromatic carbocycles. The van der Waals surface area contributed by atoms with Gasteiger partial charge in [0, 0.05) is 32.6 Å². The molecule has 1 aliphatic rings. The van der Waals surface area contributed by atoms with Crippen LogP contribution in [0.25, 0.3) is 0 Å². The van der Waals surface area contributed by atoms with Crippen molar-refractivity contribution in [2.45, 2.75) is 25.4 Å². The first-order valence-corrected chi connectivity index (χ1v) is 11.8. The Bertz CT molecular complexity index is 1180. The van der Waals surface area contributed by atoms with Crippen LogP contribution in [-0.4, -0.2) is 47.9 Å². The molecule has 0 atom stereocenters. The maximum Gasteiger partial charge on any atom is 0.417 e. The van der Waals surface area contributed by atoms with Gasteiger partial charge in [-0.25, -0.2) is 4.98 Å². The van der Waals surface area contributed by atoms with Crippen molar-refractivity contribution < 1.29 is 22.8 Å². The van der Waals surface area contributed by atoms with Gasteiger partial charge in [-0.15, -0.1) is 0 Å². The minimum atomic E-state index is -4.58. The monoisotopic (exact) mass is 496 g/mol. The second-order valence-electron chi connectivity index (χ2n) is 8.61. The summed E-state index contributed by atoms with van der Waals surface area (Å²) in [6.45, 7) is 1.52. The zero-order valence-electron chi connectivity index (χ0n) is 19.7. The van der Waals surface area contributed by atoms with Crippen molar-refractivity contribution in [3.05, 3.63) is 89.6 Å². The number of carbonyl (C=O) groups excluding carboxylic acids is 2. The predicted octanol–water partition coefficient (Wildman–Crippen LogP) is 5.02. The molecule has 188 valence electrons. The number of hydrogen-bond donors (Lipinski definition) is 1. The number of hydrogen-bond acceptors (Lipinski definition) is 4. The number of nitrogens with zero attached hydrogens (tertiary/aromatic N) is 3. The fraction of sp³-hybridized carbons (Fsp3) is 0.296. The van der Waals surface area contributed by atoms with Crippen LogP contribution in [0, 0.1) is 0 Å². The number of anilines is 2. The summed E-state index contributed by atoms with van der Waals surface area (Å²) in [6.07, 6.45) is -0.970. The van der Waals surface area contributed by atoms with Gasteiger partial charge in [0.2, 0.25) is 5.91 Å². The average Bonchev–Trinajstić information content (AvgIpc) is 2.89. The Labute approximate surface area is 207 Å². The van der Waals surface area contributed by atoms with Crippen molar-refractivity contribution in [2.24, 2.45) is 0 Å². The van der Waals surface area contributed by atoms with Gasteiger partial charge in [-0.2, -0.15) is 13.2 Å². The number of piperazine rings is 1. The normalized spacial score (nSPS) is 14.0. The molecule has 36 heavy (non-hydrogen) atoms. The standard InChI is InChI=1S/C27H27F3N4O2/c28-27(29,30)23-11-5-4-10-22(23)26(36)34-17-15-33(16-18-34)21-13-14-24(31-19-21)32-25(35)12-6-9-20-7-2-1-3-8-20/h1-5,7-8,10-11,13-14,19H,6,9,12,15-18H2,(H,31,32,35). The van der Waals surface area contributed by atoms with Crippen LogP contribution in [0.3, 0.4) is 0 Å². The molecule has 6 nitrogen and oxygen atoms in total. The number of alkyl halides is 3. The third-order valence-electron chi connectivity index (χ3n) is 6.12. The number of rotatable bonds is 7. The van der Waals surface area contributed by atoms with Crippen LogP contribution in [0.2, 0.25) is 0 Å². The molecular formula is C27H27F3N4O2. The van der Waals surface area contributed by atoms with E-state index in [1.54, 1.807) is 12.3 Å². The van der Waals surface area contributed by atoms with Gasteiger partial charge >= 0.3 is 6.18 Å². The fourth-order valence-electron chi connectivity index (χ4n) is 4.21. The van der Waals surface area contributed by atoms with Crippen LogP contribution < -0.4 is 10.2 Å². The van der Waals surface area contributed by atoms with Gasteiger partial charge in [0.1, 0.15) is 5.82 Å². The minimum Gasteiger partial charge on any atom is -0.367 e. The Morgan fingerprint density at radius 2 is 1.58 bits per heavy atom. The number of aryl methyl sites for hydroxylation is 1. The van der Waals surface area contributed by atoms with E-state index in [1.165, 1.54) is 28.7 Å². The maximum absolute atomic E-state index is 13.3. The van der Waals surface area contributed by atoms with Crippen molar-refractivity contribution in [1.82, 2.24) is 9.88 Å². The molecular weight excluding hydrogens is 469 g/mol. The van der Waals surface area contributed by atoms with Crippen LogP contribution in [0.5, 0.6) is 0 Å². The number of carbonyl (C=O) groups is 2. The van der Waals surface area contributed by atoms with E-state index in [-0.39, 0.29) is 11.5 Å². The van der Waals surface area contributed by atoms with Crippen LogP contribution in [0.1, 0.15) is 34.3 Å². The van der Waals surface area contributed by atoms with Crippen molar-refractivity contribution in [1.29, 1.82) is 0 Å². The van der Waals surface area contributed by atoms with E-state index in [0.717, 1.165) is 24.6 Å². The molecule has 1 aromatic heterocycles. The lowest BCUT2D eigenvalue weighted by atomic mass is 10.1. The largest absolute Gasteiger partial charge is 0.417 e. The molecule has 0 unspecified atom stereocenters. The lowest BCUT2D eigenvalue weighted by molar-refractivity contribution is -0.138. The first-order valence-electron chi connectivity index (χ1n) is 11.8. The second-order valence-corrected chi connectivity index (χ2v) is 8.61. The molecule has 1 fully saturated rings. The van der Waals surface area contributed by atoms with Gasteiger partial charge in [-0.05, 0) is 42.7 Å². The van der Waals surface area contributed by atoms with E-state index >= 15 is 0 Å². The number of benzene rings is 2. The molecule has 1 saturated heterocycles. The Morgan fingerprint density at radius 1 is 0.889 bits per heavy atom. The topological polar surface area (TPSA) is 65.5 Å².